The van der Waals surface area contributed by atoms with Crippen LogP contribution >= 0.6 is 0 Å². The monoisotopic (exact) mass is 360 g/mol. The van der Waals surface area contributed by atoms with Crippen LogP contribution < -0.4 is 5.32 Å². The second kappa shape index (κ2) is 7.25. The average molecular weight is 360 g/mol. The Morgan fingerprint density at radius 1 is 1.12 bits per heavy atom. The van der Waals surface area contributed by atoms with Gasteiger partial charge in [-0.1, -0.05) is 18.2 Å². The molecule has 0 saturated carbocycles. The van der Waals surface area contributed by atoms with E-state index in [0.717, 1.165) is 12.1 Å². The van der Waals surface area contributed by atoms with Crippen LogP contribution in [0.15, 0.2) is 59.5 Å². The summed E-state index contributed by atoms with van der Waals surface area (Å²) in [6, 6.07) is 15.4. The van der Waals surface area contributed by atoms with E-state index in [4.69, 9.17) is 0 Å². The van der Waals surface area contributed by atoms with Gasteiger partial charge in [0.05, 0.1) is 17.6 Å². The van der Waals surface area contributed by atoms with E-state index in [1.807, 2.05) is 0 Å². The third-order valence-electron chi connectivity index (χ3n) is 4.21. The highest BCUT2D eigenvalue weighted by Crippen LogP contribution is 2.23. The highest BCUT2D eigenvalue weighted by atomic mass is 32.2. The molecule has 1 aliphatic rings. The lowest BCUT2D eigenvalue weighted by atomic mass is 10.2. The van der Waals surface area contributed by atoms with Crippen LogP contribution in [-0.4, -0.2) is 44.9 Å². The topological polar surface area (TPSA) is 75.7 Å². The van der Waals surface area contributed by atoms with Crippen molar-refractivity contribution < 1.29 is 17.9 Å². The third kappa shape index (κ3) is 3.83. The van der Waals surface area contributed by atoms with Crippen molar-refractivity contribution >= 4 is 21.7 Å². The van der Waals surface area contributed by atoms with E-state index < -0.39 is 10.0 Å². The number of esters is 1. The van der Waals surface area contributed by atoms with Gasteiger partial charge in [-0.15, -0.1) is 0 Å². The number of carbonyl (C=O) groups is 1. The molecule has 0 amide bonds. The molecule has 1 aliphatic heterocycles. The molecular formula is C18H20N2O4S. The van der Waals surface area contributed by atoms with Crippen LogP contribution in [-0.2, 0) is 14.8 Å². The molecule has 1 N–H and O–H groups in total. The Hall–Kier alpha value is -2.38. The molecule has 1 atom stereocenters. The third-order valence-corrected chi connectivity index (χ3v) is 6.09. The van der Waals surface area contributed by atoms with Crippen LogP contribution in [0.2, 0.25) is 0 Å². The zero-order valence-electron chi connectivity index (χ0n) is 13.9. The first-order chi connectivity index (χ1) is 12.0. The molecule has 2 aromatic rings. The van der Waals surface area contributed by atoms with Gasteiger partial charge in [-0.05, 0) is 42.8 Å². The second-order valence-corrected chi connectivity index (χ2v) is 7.81. The van der Waals surface area contributed by atoms with Crippen molar-refractivity contribution in [3.63, 3.8) is 0 Å². The van der Waals surface area contributed by atoms with E-state index in [0.29, 0.717) is 23.5 Å². The van der Waals surface area contributed by atoms with Crippen molar-refractivity contribution in [2.45, 2.75) is 17.4 Å². The number of anilines is 1. The van der Waals surface area contributed by atoms with Gasteiger partial charge in [-0.3, -0.25) is 0 Å². The fourth-order valence-electron chi connectivity index (χ4n) is 2.86. The van der Waals surface area contributed by atoms with E-state index in [9.17, 15) is 13.2 Å². The van der Waals surface area contributed by atoms with Gasteiger partial charge in [-0.25, -0.2) is 13.2 Å². The molecule has 2 aromatic carbocycles. The van der Waals surface area contributed by atoms with E-state index in [-0.39, 0.29) is 12.0 Å². The molecule has 0 aliphatic carbocycles. The van der Waals surface area contributed by atoms with E-state index in [1.54, 1.807) is 54.6 Å². The van der Waals surface area contributed by atoms with Crippen molar-refractivity contribution in [1.29, 1.82) is 0 Å². The van der Waals surface area contributed by atoms with E-state index in [2.05, 4.69) is 10.1 Å². The Bertz CT molecular complexity index is 835. The summed E-state index contributed by atoms with van der Waals surface area (Å²) < 4.78 is 31.4. The van der Waals surface area contributed by atoms with Gasteiger partial charge >= 0.3 is 5.97 Å². The number of ether oxygens (including phenoxy) is 1. The Morgan fingerprint density at radius 2 is 1.80 bits per heavy atom. The van der Waals surface area contributed by atoms with Crippen LogP contribution in [0.4, 0.5) is 5.69 Å². The summed E-state index contributed by atoms with van der Waals surface area (Å²) in [4.78, 5) is 11.8. The summed E-state index contributed by atoms with van der Waals surface area (Å²) in [6.45, 7) is 0.894. The standard InChI is InChI=1S/C18H20N2O4S/c1-24-18(21)14-7-9-15(10-8-14)19-16-11-12-20(13-16)25(22,23)17-5-3-2-4-6-17/h2-10,16,19H,11-13H2,1H3. The van der Waals surface area contributed by atoms with Crippen molar-refractivity contribution in [2.75, 3.05) is 25.5 Å². The van der Waals surface area contributed by atoms with Crippen LogP contribution in [0.1, 0.15) is 16.8 Å². The number of nitrogens with zero attached hydrogens (tertiary/aromatic N) is 1. The number of benzene rings is 2. The second-order valence-electron chi connectivity index (χ2n) is 5.87. The zero-order valence-corrected chi connectivity index (χ0v) is 14.7. The smallest absolute Gasteiger partial charge is 0.337 e. The number of hydrogen-bond donors (Lipinski definition) is 1. The summed E-state index contributed by atoms with van der Waals surface area (Å²) in [6.07, 6.45) is 0.727. The van der Waals surface area contributed by atoms with Gasteiger partial charge in [0.15, 0.2) is 0 Å². The number of nitrogens with one attached hydrogen (secondary N) is 1. The van der Waals surface area contributed by atoms with Crippen LogP contribution in [0, 0.1) is 0 Å². The van der Waals surface area contributed by atoms with Crippen LogP contribution in [0.25, 0.3) is 0 Å². The fourth-order valence-corrected chi connectivity index (χ4v) is 4.38. The van der Waals surface area contributed by atoms with Crippen molar-refractivity contribution in [1.82, 2.24) is 4.31 Å². The lowest BCUT2D eigenvalue weighted by Crippen LogP contribution is -2.31. The summed E-state index contributed by atoms with van der Waals surface area (Å²) >= 11 is 0. The molecule has 0 radical (unpaired) electrons. The first-order valence-corrected chi connectivity index (χ1v) is 9.45. The maximum Gasteiger partial charge on any atom is 0.337 e. The number of rotatable bonds is 5. The van der Waals surface area contributed by atoms with Gasteiger partial charge in [-0.2, -0.15) is 4.31 Å². The summed E-state index contributed by atoms with van der Waals surface area (Å²) in [5, 5.41) is 3.32. The number of hydrogen-bond acceptors (Lipinski definition) is 5. The Morgan fingerprint density at radius 3 is 2.44 bits per heavy atom. The predicted octanol–water partition coefficient (Wildman–Crippen LogP) is 2.35. The van der Waals surface area contributed by atoms with Crippen molar-refractivity contribution in [2.24, 2.45) is 0 Å². The normalized spacial score (nSPS) is 18.0. The van der Waals surface area contributed by atoms with Crippen LogP contribution in [0.3, 0.4) is 0 Å². The number of sulfonamides is 1. The molecule has 1 fully saturated rings. The quantitative estimate of drug-likeness (QED) is 0.829. The minimum absolute atomic E-state index is 0.0301. The zero-order chi connectivity index (χ0) is 17.9. The van der Waals surface area contributed by atoms with Gasteiger partial charge in [0.25, 0.3) is 0 Å². The molecule has 3 rings (SSSR count). The van der Waals surface area contributed by atoms with E-state index >= 15 is 0 Å². The Balaban J connectivity index is 1.64. The molecule has 0 spiro atoms. The molecule has 0 bridgehead atoms. The molecule has 1 unspecified atom stereocenters. The van der Waals surface area contributed by atoms with E-state index in [1.165, 1.54) is 11.4 Å². The summed E-state index contributed by atoms with van der Waals surface area (Å²) in [5.74, 6) is -0.382. The molecule has 1 saturated heterocycles. The molecule has 132 valence electrons. The summed E-state index contributed by atoms with van der Waals surface area (Å²) in [7, 11) is -2.11. The number of carbonyl (C=O) groups excluding carboxylic acids is 1. The SMILES string of the molecule is COC(=O)c1ccc(NC2CCN(S(=O)(=O)c3ccccc3)C2)cc1. The molecule has 1 heterocycles. The molecule has 25 heavy (non-hydrogen) atoms. The first-order valence-electron chi connectivity index (χ1n) is 8.01. The lowest BCUT2D eigenvalue weighted by molar-refractivity contribution is 0.0600. The van der Waals surface area contributed by atoms with Crippen molar-refractivity contribution in [3.8, 4) is 0 Å². The average Bonchev–Trinajstić information content (AvgIpc) is 3.12. The van der Waals surface area contributed by atoms with Crippen LogP contribution in [0.5, 0.6) is 0 Å². The van der Waals surface area contributed by atoms with Crippen molar-refractivity contribution in [3.05, 3.63) is 60.2 Å². The maximum atomic E-state index is 12.6. The summed E-state index contributed by atoms with van der Waals surface area (Å²) in [5.41, 5.74) is 1.32. The lowest BCUT2D eigenvalue weighted by Gasteiger charge is -2.18. The predicted molar refractivity (Wildman–Crippen MR) is 95.0 cm³/mol. The van der Waals surface area contributed by atoms with Gasteiger partial charge in [0.2, 0.25) is 10.0 Å². The fraction of sp³-hybridized carbons (Fsp3) is 0.278. The van der Waals surface area contributed by atoms with Gasteiger partial charge in [0, 0.05) is 24.8 Å². The molecule has 0 aromatic heterocycles. The Labute approximate surface area is 147 Å². The highest BCUT2D eigenvalue weighted by molar-refractivity contribution is 7.89. The van der Waals surface area contributed by atoms with Gasteiger partial charge < -0.3 is 10.1 Å². The maximum absolute atomic E-state index is 12.6. The first kappa shape index (κ1) is 17.4. The molecule has 6 nitrogen and oxygen atoms in total. The Kier molecular flexibility index (Phi) is 5.06. The number of methoxy groups -OCH3 is 1. The van der Waals surface area contributed by atoms with Gasteiger partial charge in [0.1, 0.15) is 0 Å². The molecular weight excluding hydrogens is 340 g/mol. The largest absolute Gasteiger partial charge is 0.465 e. The minimum Gasteiger partial charge on any atom is -0.465 e. The molecule has 7 heteroatoms. The minimum atomic E-state index is -3.45. The highest BCUT2D eigenvalue weighted by Gasteiger charge is 2.32.